The Bertz CT molecular complexity index is 939. The number of para-hydroxylation sites is 1. The van der Waals surface area contributed by atoms with Gasteiger partial charge in [-0.25, -0.2) is 4.98 Å². The number of aromatic nitrogens is 2. The molecule has 0 bridgehead atoms. The van der Waals surface area contributed by atoms with Gasteiger partial charge in [0.2, 0.25) is 0 Å². The van der Waals surface area contributed by atoms with Gasteiger partial charge in [0.15, 0.2) is 0 Å². The van der Waals surface area contributed by atoms with E-state index in [0.29, 0.717) is 11.8 Å². The van der Waals surface area contributed by atoms with Crippen LogP contribution in [0.15, 0.2) is 42.6 Å². The molecule has 1 fully saturated rings. The number of nitrogens with zero attached hydrogens (tertiary/aromatic N) is 3. The minimum absolute atomic E-state index is 0.715. The van der Waals surface area contributed by atoms with E-state index in [1.165, 1.54) is 12.1 Å². The SMILES string of the molecule is COc1ccccc1-c1nc2ccc(N)cn2c1CN1CC(C)CC(C)C1. The number of pyridine rings is 1. The Morgan fingerprint density at radius 3 is 2.59 bits per heavy atom. The second-order valence-corrected chi connectivity index (χ2v) is 7.94. The molecular formula is C22H28N4O. The average Bonchev–Trinajstić information content (AvgIpc) is 2.98. The smallest absolute Gasteiger partial charge is 0.137 e. The molecule has 0 spiro atoms. The van der Waals surface area contributed by atoms with Crippen molar-refractivity contribution in [2.24, 2.45) is 11.8 Å². The van der Waals surface area contributed by atoms with E-state index in [1.54, 1.807) is 7.11 Å². The molecule has 1 aliphatic heterocycles. The van der Waals surface area contributed by atoms with Gasteiger partial charge in [-0.2, -0.15) is 0 Å². The van der Waals surface area contributed by atoms with Gasteiger partial charge < -0.3 is 14.9 Å². The number of rotatable bonds is 4. The maximum absolute atomic E-state index is 6.09. The Hall–Kier alpha value is -2.53. The topological polar surface area (TPSA) is 55.8 Å². The Morgan fingerprint density at radius 1 is 1.11 bits per heavy atom. The van der Waals surface area contributed by atoms with Gasteiger partial charge in [0.05, 0.1) is 18.5 Å². The summed E-state index contributed by atoms with van der Waals surface area (Å²) < 4.78 is 7.75. The van der Waals surface area contributed by atoms with Crippen molar-refractivity contribution in [2.75, 3.05) is 25.9 Å². The van der Waals surface area contributed by atoms with E-state index >= 15 is 0 Å². The minimum atomic E-state index is 0.715. The molecule has 3 heterocycles. The lowest BCUT2D eigenvalue weighted by atomic mass is 9.92. The van der Waals surface area contributed by atoms with Crippen molar-refractivity contribution in [1.82, 2.24) is 14.3 Å². The fourth-order valence-electron chi connectivity index (χ4n) is 4.45. The van der Waals surface area contributed by atoms with E-state index in [-0.39, 0.29) is 0 Å². The molecule has 3 aromatic rings. The lowest BCUT2D eigenvalue weighted by molar-refractivity contribution is 0.133. The van der Waals surface area contributed by atoms with Crippen molar-refractivity contribution in [3.8, 4) is 17.0 Å². The summed E-state index contributed by atoms with van der Waals surface area (Å²) in [6, 6.07) is 12.0. The number of piperidine rings is 1. The molecule has 27 heavy (non-hydrogen) atoms. The first-order valence-corrected chi connectivity index (χ1v) is 9.67. The number of hydrogen-bond acceptors (Lipinski definition) is 4. The molecule has 0 radical (unpaired) electrons. The molecule has 2 N–H and O–H groups in total. The fourth-order valence-corrected chi connectivity index (χ4v) is 4.45. The summed E-state index contributed by atoms with van der Waals surface area (Å²) in [7, 11) is 1.71. The molecule has 5 nitrogen and oxygen atoms in total. The molecule has 0 aliphatic carbocycles. The molecule has 1 aromatic carbocycles. The second kappa shape index (κ2) is 7.24. The van der Waals surface area contributed by atoms with Crippen molar-refractivity contribution in [3.05, 3.63) is 48.3 Å². The van der Waals surface area contributed by atoms with Crippen LogP contribution in [0.5, 0.6) is 5.75 Å². The third kappa shape index (κ3) is 3.52. The number of benzene rings is 1. The van der Waals surface area contributed by atoms with Gasteiger partial charge >= 0.3 is 0 Å². The second-order valence-electron chi connectivity index (χ2n) is 7.94. The van der Waals surface area contributed by atoms with Crippen molar-refractivity contribution in [2.45, 2.75) is 26.8 Å². The highest BCUT2D eigenvalue weighted by Crippen LogP contribution is 2.34. The largest absolute Gasteiger partial charge is 0.496 e. The van der Waals surface area contributed by atoms with Gasteiger partial charge in [0.25, 0.3) is 0 Å². The minimum Gasteiger partial charge on any atom is -0.496 e. The maximum atomic E-state index is 6.09. The molecule has 1 saturated heterocycles. The van der Waals surface area contributed by atoms with Gasteiger partial charge in [-0.05, 0) is 42.5 Å². The first kappa shape index (κ1) is 17.9. The Labute approximate surface area is 160 Å². The summed E-state index contributed by atoms with van der Waals surface area (Å²) in [5.74, 6) is 2.27. The van der Waals surface area contributed by atoms with E-state index in [9.17, 15) is 0 Å². The molecule has 142 valence electrons. The summed E-state index contributed by atoms with van der Waals surface area (Å²) >= 11 is 0. The van der Waals surface area contributed by atoms with Crippen LogP contribution in [-0.4, -0.2) is 34.5 Å². The number of hydrogen-bond donors (Lipinski definition) is 1. The highest BCUT2D eigenvalue weighted by Gasteiger charge is 2.25. The number of fused-ring (bicyclic) bond motifs is 1. The van der Waals surface area contributed by atoms with E-state index in [1.807, 2.05) is 36.5 Å². The predicted molar refractivity (Wildman–Crippen MR) is 110 cm³/mol. The van der Waals surface area contributed by atoms with Crippen LogP contribution in [-0.2, 0) is 6.54 Å². The maximum Gasteiger partial charge on any atom is 0.137 e. The predicted octanol–water partition coefficient (Wildman–Crippen LogP) is 4.07. The molecular weight excluding hydrogens is 336 g/mol. The summed E-state index contributed by atoms with van der Waals surface area (Å²) in [6.45, 7) is 7.77. The van der Waals surface area contributed by atoms with Crippen LogP contribution in [0.3, 0.4) is 0 Å². The Balaban J connectivity index is 1.83. The number of ether oxygens (including phenoxy) is 1. The standard InChI is InChI=1S/C22H28N4O/c1-15-10-16(2)12-25(11-15)14-19-22(18-6-4-5-7-20(18)27-3)24-21-9-8-17(23)13-26(19)21/h4-9,13,15-16H,10-12,14,23H2,1-3H3. The van der Waals surface area contributed by atoms with Crippen LogP contribution < -0.4 is 10.5 Å². The quantitative estimate of drug-likeness (QED) is 0.758. The van der Waals surface area contributed by atoms with E-state index < -0.39 is 0 Å². The summed E-state index contributed by atoms with van der Waals surface area (Å²) in [4.78, 5) is 7.48. The monoisotopic (exact) mass is 364 g/mol. The normalized spacial score (nSPS) is 20.9. The van der Waals surface area contributed by atoms with Crippen LogP contribution in [0.25, 0.3) is 16.9 Å². The van der Waals surface area contributed by atoms with Gasteiger partial charge in [-0.1, -0.05) is 26.0 Å². The van der Waals surface area contributed by atoms with Crippen LogP contribution >= 0.6 is 0 Å². The highest BCUT2D eigenvalue weighted by molar-refractivity contribution is 5.72. The molecule has 1 aliphatic rings. The first-order valence-electron chi connectivity index (χ1n) is 9.67. The number of likely N-dealkylation sites (tertiary alicyclic amines) is 1. The molecule has 4 rings (SSSR count). The highest BCUT2D eigenvalue weighted by atomic mass is 16.5. The van der Waals surface area contributed by atoms with Crippen molar-refractivity contribution in [1.29, 1.82) is 0 Å². The van der Waals surface area contributed by atoms with E-state index in [4.69, 9.17) is 15.5 Å². The summed E-state index contributed by atoms with van der Waals surface area (Å²) in [5.41, 5.74) is 10.9. The molecule has 0 saturated carbocycles. The van der Waals surface area contributed by atoms with Gasteiger partial charge in [0, 0.05) is 37.1 Å². The number of anilines is 1. The number of nitrogens with two attached hydrogens (primary N) is 1. The fraction of sp³-hybridized carbons (Fsp3) is 0.409. The average molecular weight is 364 g/mol. The van der Waals surface area contributed by atoms with Crippen LogP contribution in [0.1, 0.15) is 26.0 Å². The third-order valence-corrected chi connectivity index (χ3v) is 5.42. The summed E-state index contributed by atoms with van der Waals surface area (Å²) in [5, 5.41) is 0. The van der Waals surface area contributed by atoms with Crippen LogP contribution in [0, 0.1) is 11.8 Å². The Morgan fingerprint density at radius 2 is 1.85 bits per heavy atom. The number of methoxy groups -OCH3 is 1. The molecule has 2 unspecified atom stereocenters. The number of imidazole rings is 1. The van der Waals surface area contributed by atoms with Gasteiger partial charge in [0.1, 0.15) is 11.4 Å². The van der Waals surface area contributed by atoms with Crippen molar-refractivity contribution in [3.63, 3.8) is 0 Å². The van der Waals surface area contributed by atoms with Crippen LogP contribution in [0.2, 0.25) is 0 Å². The molecule has 0 amide bonds. The van der Waals surface area contributed by atoms with Crippen molar-refractivity contribution < 1.29 is 4.74 Å². The zero-order valence-corrected chi connectivity index (χ0v) is 16.4. The van der Waals surface area contributed by atoms with E-state index in [2.05, 4.69) is 29.2 Å². The summed E-state index contributed by atoms with van der Waals surface area (Å²) in [6.07, 6.45) is 3.28. The van der Waals surface area contributed by atoms with Crippen molar-refractivity contribution >= 4 is 11.3 Å². The lowest BCUT2D eigenvalue weighted by Crippen LogP contribution is -2.38. The zero-order chi connectivity index (χ0) is 19.0. The first-order chi connectivity index (χ1) is 13.0. The molecule has 5 heteroatoms. The van der Waals surface area contributed by atoms with Crippen LogP contribution in [0.4, 0.5) is 5.69 Å². The number of nitrogen functional groups attached to an aromatic ring is 1. The van der Waals surface area contributed by atoms with Gasteiger partial charge in [-0.3, -0.25) is 4.90 Å². The molecule has 2 aromatic heterocycles. The Kier molecular flexibility index (Phi) is 4.79. The third-order valence-electron chi connectivity index (χ3n) is 5.42. The molecule has 2 atom stereocenters. The van der Waals surface area contributed by atoms with E-state index in [0.717, 1.165) is 48.0 Å². The lowest BCUT2D eigenvalue weighted by Gasteiger charge is -2.35. The van der Waals surface area contributed by atoms with Gasteiger partial charge in [-0.15, -0.1) is 0 Å². The zero-order valence-electron chi connectivity index (χ0n) is 16.4.